The van der Waals surface area contributed by atoms with E-state index < -0.39 is 6.10 Å². The summed E-state index contributed by atoms with van der Waals surface area (Å²) < 4.78 is 16.9. The number of carbonyl (C=O) groups excluding carboxylic acids is 3. The molecule has 0 spiro atoms. The minimum absolute atomic E-state index is 0.0789. The molecule has 6 heteroatoms. The van der Waals surface area contributed by atoms with Gasteiger partial charge in [-0.15, -0.1) is 0 Å². The molecule has 0 aromatic carbocycles. The number of unbranched alkanes of at least 4 members (excludes halogenated alkanes) is 43. The summed E-state index contributed by atoms with van der Waals surface area (Å²) in [7, 11) is 0. The Kier molecular flexibility index (Phi) is 59.2. The monoisotopic (exact) mass is 1010 g/mol. The summed E-state index contributed by atoms with van der Waals surface area (Å²) in [5, 5.41) is 0. The normalized spacial score (nSPS) is 12.2. The fraction of sp³-hybridized carbons (Fsp3) is 0.864. The van der Waals surface area contributed by atoms with Gasteiger partial charge in [-0.1, -0.05) is 295 Å². The largest absolute Gasteiger partial charge is 0.462 e. The van der Waals surface area contributed by atoms with Crippen molar-refractivity contribution in [1.29, 1.82) is 0 Å². The van der Waals surface area contributed by atoms with Crippen LogP contribution in [0.3, 0.4) is 0 Å². The van der Waals surface area contributed by atoms with Crippen LogP contribution in [0.2, 0.25) is 0 Å². The first kappa shape index (κ1) is 69.6. The lowest BCUT2D eigenvalue weighted by molar-refractivity contribution is -0.167. The Morgan fingerprint density at radius 3 is 0.792 bits per heavy atom. The van der Waals surface area contributed by atoms with Gasteiger partial charge in [0.2, 0.25) is 0 Å². The molecule has 0 N–H and O–H groups in total. The van der Waals surface area contributed by atoms with Gasteiger partial charge in [-0.3, -0.25) is 14.4 Å². The smallest absolute Gasteiger partial charge is 0.306 e. The fourth-order valence-electron chi connectivity index (χ4n) is 9.55. The van der Waals surface area contributed by atoms with E-state index in [9.17, 15) is 14.4 Å². The molecule has 72 heavy (non-hydrogen) atoms. The van der Waals surface area contributed by atoms with Crippen molar-refractivity contribution in [3.05, 3.63) is 36.5 Å². The predicted octanol–water partition coefficient (Wildman–Crippen LogP) is 21.6. The zero-order chi connectivity index (χ0) is 52.2. The number of hydrogen-bond acceptors (Lipinski definition) is 6. The highest BCUT2D eigenvalue weighted by Crippen LogP contribution is 2.17. The molecule has 1 atom stereocenters. The van der Waals surface area contributed by atoms with Crippen LogP contribution in [-0.2, 0) is 28.6 Å². The minimum Gasteiger partial charge on any atom is -0.462 e. The molecule has 0 aromatic heterocycles. The molecule has 0 rings (SSSR count). The maximum atomic E-state index is 12.9. The van der Waals surface area contributed by atoms with Crippen molar-refractivity contribution in [3.8, 4) is 0 Å². The Hall–Kier alpha value is -2.37. The number of allylic oxidation sites excluding steroid dienone is 6. The highest BCUT2D eigenvalue weighted by molar-refractivity contribution is 5.71. The second kappa shape index (κ2) is 61.2. The summed E-state index contributed by atoms with van der Waals surface area (Å²) in [5.41, 5.74) is 0. The highest BCUT2D eigenvalue weighted by Gasteiger charge is 2.19. The van der Waals surface area contributed by atoms with Crippen molar-refractivity contribution >= 4 is 17.9 Å². The molecule has 0 aromatic rings. The number of carbonyl (C=O) groups is 3. The van der Waals surface area contributed by atoms with Crippen molar-refractivity contribution in [2.45, 2.75) is 354 Å². The number of ether oxygens (including phenoxy) is 3. The second-order valence-corrected chi connectivity index (χ2v) is 21.7. The Morgan fingerprint density at radius 1 is 0.278 bits per heavy atom. The Balaban J connectivity index is 4.36. The first-order valence-corrected chi connectivity index (χ1v) is 32.0. The van der Waals surface area contributed by atoms with Gasteiger partial charge >= 0.3 is 17.9 Å². The lowest BCUT2D eigenvalue weighted by Gasteiger charge is -2.18. The summed E-state index contributed by atoms with van der Waals surface area (Å²) in [4.78, 5) is 38.3. The van der Waals surface area contributed by atoms with Crippen molar-refractivity contribution in [2.75, 3.05) is 13.2 Å². The second-order valence-electron chi connectivity index (χ2n) is 21.7. The number of rotatable bonds is 59. The summed E-state index contributed by atoms with van der Waals surface area (Å²) in [5.74, 6) is -0.886. The summed E-state index contributed by atoms with van der Waals surface area (Å²) >= 11 is 0. The third-order valence-corrected chi connectivity index (χ3v) is 14.4. The van der Waals surface area contributed by atoms with Crippen LogP contribution in [-0.4, -0.2) is 37.2 Å². The third-order valence-electron chi connectivity index (χ3n) is 14.4. The molecule has 0 radical (unpaired) electrons. The zero-order valence-corrected chi connectivity index (χ0v) is 48.5. The quantitative estimate of drug-likeness (QED) is 0.0199. The molecule has 0 aliphatic carbocycles. The van der Waals surface area contributed by atoms with Crippen LogP contribution < -0.4 is 0 Å². The molecule has 0 fully saturated rings. The van der Waals surface area contributed by atoms with Gasteiger partial charge in [-0.2, -0.15) is 0 Å². The van der Waals surface area contributed by atoms with E-state index in [1.165, 1.54) is 238 Å². The van der Waals surface area contributed by atoms with E-state index in [2.05, 4.69) is 57.2 Å². The van der Waals surface area contributed by atoms with E-state index in [4.69, 9.17) is 14.2 Å². The molecule has 422 valence electrons. The van der Waals surface area contributed by atoms with Crippen LogP contribution in [0.4, 0.5) is 0 Å². The Bertz CT molecular complexity index is 1210. The van der Waals surface area contributed by atoms with Gasteiger partial charge in [-0.05, 0) is 70.6 Å². The molecule has 1 unspecified atom stereocenters. The van der Waals surface area contributed by atoms with Gasteiger partial charge in [0.05, 0.1) is 0 Å². The first-order chi connectivity index (χ1) is 35.5. The average Bonchev–Trinajstić information content (AvgIpc) is 3.38. The van der Waals surface area contributed by atoms with Crippen molar-refractivity contribution in [2.24, 2.45) is 0 Å². The third kappa shape index (κ3) is 58.5. The highest BCUT2D eigenvalue weighted by atomic mass is 16.6. The molecule has 0 bridgehead atoms. The van der Waals surface area contributed by atoms with Gasteiger partial charge < -0.3 is 14.2 Å². The Morgan fingerprint density at radius 2 is 0.500 bits per heavy atom. The number of esters is 3. The minimum atomic E-state index is -0.783. The maximum Gasteiger partial charge on any atom is 0.306 e. The van der Waals surface area contributed by atoms with E-state index in [0.29, 0.717) is 19.3 Å². The average molecular weight is 1010 g/mol. The molecule has 0 amide bonds. The first-order valence-electron chi connectivity index (χ1n) is 32.0. The summed E-state index contributed by atoms with van der Waals surface area (Å²) in [6.45, 7) is 6.67. The molecule has 6 nitrogen and oxygen atoms in total. The molecule has 0 aliphatic rings. The van der Waals surface area contributed by atoms with Gasteiger partial charge in [0.25, 0.3) is 0 Å². The molecule has 0 heterocycles. The van der Waals surface area contributed by atoms with Crippen LogP contribution in [0.15, 0.2) is 36.5 Å². The molecule has 0 saturated heterocycles. The Labute approximate surface area is 448 Å². The summed E-state index contributed by atoms with van der Waals surface area (Å²) in [6.07, 6.45) is 74.3. The van der Waals surface area contributed by atoms with E-state index >= 15 is 0 Å². The maximum absolute atomic E-state index is 12.9. The zero-order valence-electron chi connectivity index (χ0n) is 48.5. The van der Waals surface area contributed by atoms with Gasteiger partial charge in [0, 0.05) is 19.3 Å². The summed E-state index contributed by atoms with van der Waals surface area (Å²) in [6, 6.07) is 0. The molecular weight excluding hydrogens is 889 g/mol. The van der Waals surface area contributed by atoms with Crippen molar-refractivity contribution in [3.63, 3.8) is 0 Å². The lowest BCUT2D eigenvalue weighted by atomic mass is 10.0. The van der Waals surface area contributed by atoms with Crippen LogP contribution in [0, 0.1) is 0 Å². The van der Waals surface area contributed by atoms with Crippen LogP contribution in [0.25, 0.3) is 0 Å². The van der Waals surface area contributed by atoms with E-state index in [1.807, 2.05) is 0 Å². The van der Waals surface area contributed by atoms with Crippen LogP contribution in [0.1, 0.15) is 348 Å². The van der Waals surface area contributed by atoms with Crippen LogP contribution >= 0.6 is 0 Å². The predicted molar refractivity (Wildman–Crippen MR) is 312 cm³/mol. The topological polar surface area (TPSA) is 78.9 Å². The number of hydrogen-bond donors (Lipinski definition) is 0. The van der Waals surface area contributed by atoms with Gasteiger partial charge in [0.1, 0.15) is 13.2 Å². The van der Waals surface area contributed by atoms with Crippen molar-refractivity contribution < 1.29 is 28.6 Å². The molecular formula is C66H122O6. The van der Waals surface area contributed by atoms with E-state index in [0.717, 1.165) is 70.6 Å². The molecule has 0 saturated carbocycles. The van der Waals surface area contributed by atoms with E-state index in [1.54, 1.807) is 0 Å². The van der Waals surface area contributed by atoms with Crippen molar-refractivity contribution in [1.82, 2.24) is 0 Å². The SMILES string of the molecule is CCCCCCCCC/C=C\C=C/CCCCCC(=O)OCC(COC(=O)CCCCCCCCC/C=C\CCCCCCCCCC)OC(=O)CCCCCCCCCCCCCCCCCCCCC. The van der Waals surface area contributed by atoms with Crippen LogP contribution in [0.5, 0.6) is 0 Å². The van der Waals surface area contributed by atoms with Gasteiger partial charge in [-0.25, -0.2) is 0 Å². The standard InChI is InChI=1S/C66H122O6/c1-4-7-10-13-16-19-22-25-28-31-33-35-38-41-44-47-50-53-56-59-65(68)71-62-63(61-70-64(67)58-55-52-49-46-43-40-37-30-27-24-21-18-15-12-9-6-3)72-66(69)60-57-54-51-48-45-42-39-36-34-32-29-26-23-20-17-14-11-8-5-2/h30-31,33,37,40,43,63H,4-29,32,34-36,38-39,41-42,44-62H2,1-3H3/b33-31-,37-30-,43-40-. The van der Waals surface area contributed by atoms with E-state index in [-0.39, 0.29) is 31.1 Å². The van der Waals surface area contributed by atoms with Gasteiger partial charge in [0.15, 0.2) is 6.10 Å². The fourth-order valence-corrected chi connectivity index (χ4v) is 9.55. The lowest BCUT2D eigenvalue weighted by Crippen LogP contribution is -2.30. The molecule has 0 aliphatic heterocycles.